The van der Waals surface area contributed by atoms with E-state index >= 15 is 0 Å². The molecule has 20 heavy (non-hydrogen) atoms. The zero-order chi connectivity index (χ0) is 15.7. The highest BCUT2D eigenvalue weighted by atomic mass is 32.1. The molecule has 2 N–H and O–H groups in total. The van der Waals surface area contributed by atoms with Gasteiger partial charge in [-0.3, -0.25) is 10.2 Å². The third kappa shape index (κ3) is 4.78. The number of carbonyl (C=O) groups excluding carboxylic acids is 1. The first-order valence-electron chi connectivity index (χ1n) is 6.62. The Morgan fingerprint density at radius 2 is 1.85 bits per heavy atom. The molecule has 0 radical (unpaired) electrons. The van der Waals surface area contributed by atoms with Crippen LogP contribution in [0.15, 0.2) is 6.07 Å². The molecule has 0 aromatic carbocycles. The lowest BCUT2D eigenvalue weighted by Gasteiger charge is -2.02. The summed E-state index contributed by atoms with van der Waals surface area (Å²) in [4.78, 5) is 20.8. The molecular weight excluding hydrogens is 291 g/mol. The van der Waals surface area contributed by atoms with E-state index in [4.69, 9.17) is 0 Å². The Morgan fingerprint density at radius 3 is 2.40 bits per heavy atom. The van der Waals surface area contributed by atoms with Crippen LogP contribution in [0, 0.1) is 6.92 Å². The Hall–Kier alpha value is -1.10. The summed E-state index contributed by atoms with van der Waals surface area (Å²) < 4.78 is 1.08. The van der Waals surface area contributed by atoms with Gasteiger partial charge in [-0.05, 0) is 13.0 Å². The van der Waals surface area contributed by atoms with Crippen molar-refractivity contribution >= 4 is 41.3 Å². The van der Waals surface area contributed by atoms with E-state index in [0.717, 1.165) is 20.5 Å². The number of amides is 1. The molecule has 0 aliphatic heterocycles. The van der Waals surface area contributed by atoms with Gasteiger partial charge in [-0.1, -0.05) is 36.9 Å². The van der Waals surface area contributed by atoms with E-state index in [1.165, 1.54) is 11.3 Å². The fourth-order valence-electron chi connectivity index (χ4n) is 1.35. The predicted octanol–water partition coefficient (Wildman–Crippen LogP) is 2.42. The minimum absolute atomic E-state index is 0.186. The average molecular weight is 314 g/mol. The van der Waals surface area contributed by atoms with Crippen LogP contribution in [-0.2, 0) is 0 Å². The van der Waals surface area contributed by atoms with Crippen LogP contribution in [0.2, 0.25) is 0 Å². The lowest BCUT2D eigenvalue weighted by Crippen LogP contribution is -2.35. The third-order valence-corrected chi connectivity index (χ3v) is 3.42. The molecule has 7 heteroatoms. The maximum absolute atomic E-state index is 11.5. The van der Waals surface area contributed by atoms with Gasteiger partial charge in [0, 0.05) is 17.1 Å². The SMILES string of the molecule is CC.CC.CNNC(=O)c1nc(C)c2cc(P)sc2n1. The van der Waals surface area contributed by atoms with E-state index in [1.807, 2.05) is 40.7 Å². The lowest BCUT2D eigenvalue weighted by molar-refractivity contribution is 0.0927. The average Bonchev–Trinajstić information content (AvgIpc) is 2.84. The van der Waals surface area contributed by atoms with Crippen molar-refractivity contribution in [2.75, 3.05) is 7.05 Å². The van der Waals surface area contributed by atoms with Crippen LogP contribution in [0.1, 0.15) is 44.0 Å². The van der Waals surface area contributed by atoms with Crippen LogP contribution < -0.4 is 15.5 Å². The van der Waals surface area contributed by atoms with Gasteiger partial charge in [-0.2, -0.15) is 0 Å². The number of nitrogens with one attached hydrogen (secondary N) is 2. The van der Waals surface area contributed by atoms with Crippen molar-refractivity contribution in [3.05, 3.63) is 17.6 Å². The molecule has 2 heterocycles. The van der Waals surface area contributed by atoms with Gasteiger partial charge in [0.15, 0.2) is 0 Å². The second-order valence-electron chi connectivity index (χ2n) is 3.20. The maximum Gasteiger partial charge on any atom is 0.303 e. The van der Waals surface area contributed by atoms with Crippen molar-refractivity contribution in [3.63, 3.8) is 0 Å². The van der Waals surface area contributed by atoms with E-state index in [0.29, 0.717) is 0 Å². The first-order valence-corrected chi connectivity index (χ1v) is 8.02. The fraction of sp³-hybridized carbons (Fsp3) is 0.462. The molecule has 2 rings (SSSR count). The number of aryl methyl sites for hydroxylation is 1. The number of carbonyl (C=O) groups is 1. The van der Waals surface area contributed by atoms with Gasteiger partial charge in [0.05, 0.1) is 5.69 Å². The molecule has 0 saturated heterocycles. The number of hydrazine groups is 1. The molecular formula is C13H23N4OPS. The molecule has 5 nitrogen and oxygen atoms in total. The molecule has 2 aromatic rings. The lowest BCUT2D eigenvalue weighted by atomic mass is 10.3. The van der Waals surface area contributed by atoms with Gasteiger partial charge >= 0.3 is 5.91 Å². The van der Waals surface area contributed by atoms with Crippen LogP contribution in [0.25, 0.3) is 10.2 Å². The minimum Gasteiger partial charge on any atom is -0.285 e. The van der Waals surface area contributed by atoms with Crippen LogP contribution in [0.3, 0.4) is 0 Å². The molecule has 0 saturated carbocycles. The molecule has 0 fully saturated rings. The Bertz CT molecular complexity index is 557. The molecule has 0 spiro atoms. The molecule has 1 unspecified atom stereocenters. The fourth-order valence-corrected chi connectivity index (χ4v) is 2.70. The number of fused-ring (bicyclic) bond motifs is 1. The largest absolute Gasteiger partial charge is 0.303 e. The highest BCUT2D eigenvalue weighted by Gasteiger charge is 2.12. The summed E-state index contributed by atoms with van der Waals surface area (Å²) in [5, 5.41) is 0.996. The van der Waals surface area contributed by atoms with Crippen LogP contribution >= 0.6 is 20.6 Å². The molecule has 2 aromatic heterocycles. The standard InChI is InChI=1S/C9H11N4OPS.2C2H6/c1-4-5-3-6(15)16-9(5)12-7(11-4)8(14)13-10-2;2*1-2/h3,10H,15H2,1-2H3,(H,13,14);2*1-2H3. The van der Waals surface area contributed by atoms with E-state index in [1.54, 1.807) is 7.05 Å². The van der Waals surface area contributed by atoms with Gasteiger partial charge in [-0.15, -0.1) is 11.3 Å². The van der Waals surface area contributed by atoms with Crippen LogP contribution in [-0.4, -0.2) is 22.9 Å². The minimum atomic E-state index is -0.328. The van der Waals surface area contributed by atoms with Gasteiger partial charge in [-0.25, -0.2) is 15.4 Å². The Balaban J connectivity index is 0.000000829. The van der Waals surface area contributed by atoms with Gasteiger partial charge in [0.1, 0.15) is 4.83 Å². The zero-order valence-corrected chi connectivity index (χ0v) is 14.8. The van der Waals surface area contributed by atoms with E-state index in [9.17, 15) is 4.79 Å². The van der Waals surface area contributed by atoms with Crippen molar-refractivity contribution in [1.82, 2.24) is 20.8 Å². The van der Waals surface area contributed by atoms with Gasteiger partial charge in [0.25, 0.3) is 0 Å². The molecule has 0 aliphatic carbocycles. The second kappa shape index (κ2) is 9.75. The smallest absolute Gasteiger partial charge is 0.285 e. The quantitative estimate of drug-likeness (QED) is 0.660. The zero-order valence-electron chi connectivity index (χ0n) is 12.9. The van der Waals surface area contributed by atoms with Crippen LogP contribution in [0.4, 0.5) is 0 Å². The van der Waals surface area contributed by atoms with Crippen molar-refractivity contribution in [2.24, 2.45) is 0 Å². The number of hydrogen-bond donors (Lipinski definition) is 2. The Labute approximate surface area is 126 Å². The molecule has 0 aliphatic rings. The maximum atomic E-state index is 11.5. The summed E-state index contributed by atoms with van der Waals surface area (Å²) >= 11 is 1.53. The highest BCUT2D eigenvalue weighted by molar-refractivity contribution is 7.45. The number of aromatic nitrogens is 2. The van der Waals surface area contributed by atoms with Crippen LogP contribution in [0.5, 0.6) is 0 Å². The topological polar surface area (TPSA) is 66.9 Å². The molecule has 112 valence electrons. The number of nitrogens with zero attached hydrogens (tertiary/aromatic N) is 2. The normalized spacial score (nSPS) is 9.15. The molecule has 1 amide bonds. The van der Waals surface area contributed by atoms with E-state index < -0.39 is 0 Å². The molecule has 1 atom stereocenters. The number of thiophene rings is 1. The van der Waals surface area contributed by atoms with Crippen molar-refractivity contribution in [2.45, 2.75) is 34.6 Å². The summed E-state index contributed by atoms with van der Waals surface area (Å²) in [5.41, 5.74) is 5.82. The summed E-state index contributed by atoms with van der Waals surface area (Å²) in [6.45, 7) is 9.87. The summed E-state index contributed by atoms with van der Waals surface area (Å²) in [5.74, 6) is -0.141. The number of rotatable bonds is 2. The van der Waals surface area contributed by atoms with Crippen molar-refractivity contribution < 1.29 is 4.79 Å². The predicted molar refractivity (Wildman–Crippen MR) is 90.7 cm³/mol. The first-order chi connectivity index (χ1) is 9.61. The summed E-state index contributed by atoms with van der Waals surface area (Å²) in [6, 6.07) is 2.00. The third-order valence-electron chi connectivity index (χ3n) is 2.04. The summed E-state index contributed by atoms with van der Waals surface area (Å²) in [7, 11) is 4.24. The molecule has 0 bridgehead atoms. The van der Waals surface area contributed by atoms with Gasteiger partial charge < -0.3 is 0 Å². The van der Waals surface area contributed by atoms with Crippen molar-refractivity contribution in [3.8, 4) is 0 Å². The number of hydrogen-bond acceptors (Lipinski definition) is 5. The summed E-state index contributed by atoms with van der Waals surface area (Å²) in [6.07, 6.45) is 0. The first kappa shape index (κ1) is 18.9. The highest BCUT2D eigenvalue weighted by Crippen LogP contribution is 2.20. The van der Waals surface area contributed by atoms with E-state index in [-0.39, 0.29) is 11.7 Å². The second-order valence-corrected chi connectivity index (χ2v) is 5.31. The van der Waals surface area contributed by atoms with E-state index in [2.05, 4.69) is 30.1 Å². The van der Waals surface area contributed by atoms with Gasteiger partial charge in [0.2, 0.25) is 5.82 Å². The Morgan fingerprint density at radius 1 is 1.25 bits per heavy atom. The van der Waals surface area contributed by atoms with Crippen molar-refractivity contribution in [1.29, 1.82) is 0 Å². The monoisotopic (exact) mass is 314 g/mol. The Kier molecular flexibility index (Phi) is 9.21.